The summed E-state index contributed by atoms with van der Waals surface area (Å²) in [6.07, 6.45) is 0.891. The number of hydrogen-bond donors (Lipinski definition) is 0. The van der Waals surface area contributed by atoms with Gasteiger partial charge in [0.05, 0.1) is 25.3 Å². The average molecular weight is 466 g/mol. The second-order valence-electron chi connectivity index (χ2n) is 8.78. The summed E-state index contributed by atoms with van der Waals surface area (Å²) < 4.78 is 11.7. The average Bonchev–Trinajstić information content (AvgIpc) is 3.16. The number of methoxy groups -OCH3 is 1. The van der Waals surface area contributed by atoms with E-state index in [4.69, 9.17) is 14.4 Å². The van der Waals surface area contributed by atoms with Crippen LogP contribution in [0.4, 0.5) is 0 Å². The minimum absolute atomic E-state index is 0.0171. The van der Waals surface area contributed by atoms with Gasteiger partial charge >= 0.3 is 0 Å². The zero-order valence-electron chi connectivity index (χ0n) is 19.7. The molecule has 0 aliphatic carbocycles. The minimum Gasteiger partial charge on any atom is -0.496 e. The number of para-hydroxylation sites is 1. The summed E-state index contributed by atoms with van der Waals surface area (Å²) in [7, 11) is 1.69. The summed E-state index contributed by atoms with van der Waals surface area (Å²) in [5.41, 5.74) is 4.08. The molecular weight excluding hydrogens is 438 g/mol. The summed E-state index contributed by atoms with van der Waals surface area (Å²) >= 11 is 0. The first-order valence-electron chi connectivity index (χ1n) is 11.8. The molecule has 3 aromatic carbocycles. The van der Waals surface area contributed by atoms with Gasteiger partial charge in [-0.15, -0.1) is 0 Å². The molecule has 1 aliphatic heterocycles. The largest absolute Gasteiger partial charge is 0.496 e. The highest BCUT2D eigenvalue weighted by molar-refractivity contribution is 5.94. The normalized spacial score (nSPS) is 14.5. The molecule has 0 spiro atoms. The smallest absolute Gasteiger partial charge is 0.253 e. The maximum absolute atomic E-state index is 13.0. The number of carbonyl (C=O) groups excluding carboxylic acids is 1. The lowest BCUT2D eigenvalue weighted by atomic mass is 10.0. The van der Waals surface area contributed by atoms with Gasteiger partial charge in [0, 0.05) is 42.7 Å². The third-order valence-electron chi connectivity index (χ3n) is 6.48. The molecule has 0 radical (unpaired) electrons. The van der Waals surface area contributed by atoms with Gasteiger partial charge in [-0.05, 0) is 54.4 Å². The lowest BCUT2D eigenvalue weighted by molar-refractivity contribution is 0.0761. The van der Waals surface area contributed by atoms with Gasteiger partial charge in [0.15, 0.2) is 0 Å². The molecule has 0 saturated carbocycles. The third kappa shape index (κ3) is 4.91. The van der Waals surface area contributed by atoms with Crippen LogP contribution >= 0.6 is 0 Å². The topological polar surface area (TPSA) is 69.7 Å². The number of nitriles is 1. The molecule has 35 heavy (non-hydrogen) atoms. The van der Waals surface area contributed by atoms with Crippen LogP contribution in [-0.4, -0.2) is 49.0 Å². The van der Waals surface area contributed by atoms with Crippen LogP contribution in [0.3, 0.4) is 0 Å². The second kappa shape index (κ2) is 10.0. The summed E-state index contributed by atoms with van der Waals surface area (Å²) in [5, 5.41) is 10.2. The molecule has 6 heteroatoms. The van der Waals surface area contributed by atoms with Gasteiger partial charge < -0.3 is 14.1 Å². The minimum atomic E-state index is -0.0171. The van der Waals surface area contributed by atoms with Gasteiger partial charge in [0.2, 0.25) is 0 Å². The molecule has 0 atom stereocenters. The molecule has 0 unspecified atom stereocenters. The van der Waals surface area contributed by atoms with E-state index in [-0.39, 0.29) is 5.91 Å². The van der Waals surface area contributed by atoms with Crippen LogP contribution in [0.5, 0.6) is 5.75 Å². The van der Waals surface area contributed by atoms with Gasteiger partial charge in [-0.25, -0.2) is 0 Å². The van der Waals surface area contributed by atoms with Crippen LogP contribution in [0, 0.1) is 11.3 Å². The Morgan fingerprint density at radius 3 is 2.74 bits per heavy atom. The predicted molar refractivity (Wildman–Crippen MR) is 135 cm³/mol. The maximum atomic E-state index is 13.0. The number of ether oxygens (including phenoxy) is 1. The van der Waals surface area contributed by atoms with E-state index >= 15 is 0 Å². The van der Waals surface area contributed by atoms with Crippen molar-refractivity contribution in [3.63, 3.8) is 0 Å². The van der Waals surface area contributed by atoms with E-state index in [1.54, 1.807) is 31.4 Å². The lowest BCUT2D eigenvalue weighted by Gasteiger charge is -2.21. The molecule has 2 heterocycles. The van der Waals surface area contributed by atoms with Crippen LogP contribution in [0.1, 0.15) is 28.1 Å². The first-order valence-corrected chi connectivity index (χ1v) is 11.8. The van der Waals surface area contributed by atoms with Crippen molar-refractivity contribution in [2.24, 2.45) is 0 Å². The standard InChI is InChI=1S/C29H27N3O3/c1-34-28-9-3-2-8-26(28)22-10-11-27-24(17-22)18-25(35-27)20-31-12-5-13-32(15-14-31)29(33)23-7-4-6-21(16-23)19-30/h2-4,6-11,16-18H,5,12-15,20H2,1H3. The van der Waals surface area contributed by atoms with Gasteiger partial charge in [-0.1, -0.05) is 30.3 Å². The molecular formula is C29H27N3O3. The second-order valence-corrected chi connectivity index (χ2v) is 8.78. The highest BCUT2D eigenvalue weighted by atomic mass is 16.5. The zero-order valence-corrected chi connectivity index (χ0v) is 19.7. The molecule has 0 bridgehead atoms. The summed E-state index contributed by atoms with van der Waals surface area (Å²) in [5.74, 6) is 1.74. The lowest BCUT2D eigenvalue weighted by Crippen LogP contribution is -2.35. The van der Waals surface area contributed by atoms with E-state index in [1.807, 2.05) is 29.2 Å². The van der Waals surface area contributed by atoms with Gasteiger partial charge in [-0.3, -0.25) is 9.69 Å². The first kappa shape index (κ1) is 22.7. The van der Waals surface area contributed by atoms with E-state index < -0.39 is 0 Å². The molecule has 1 saturated heterocycles. The summed E-state index contributed by atoms with van der Waals surface area (Å²) in [4.78, 5) is 17.2. The molecule has 1 amide bonds. The van der Waals surface area contributed by atoms with E-state index in [1.165, 1.54) is 0 Å². The first-order chi connectivity index (χ1) is 17.1. The highest BCUT2D eigenvalue weighted by Gasteiger charge is 2.21. The summed E-state index contributed by atoms with van der Waals surface area (Å²) in [6, 6.07) is 25.3. The molecule has 6 nitrogen and oxygen atoms in total. The van der Waals surface area contributed by atoms with Crippen LogP contribution in [0.2, 0.25) is 0 Å². The molecule has 0 N–H and O–H groups in total. The van der Waals surface area contributed by atoms with Gasteiger partial charge in [0.1, 0.15) is 17.1 Å². The Labute approximate surface area is 204 Å². The predicted octanol–water partition coefficient (Wildman–Crippen LogP) is 5.33. The monoisotopic (exact) mass is 465 g/mol. The quantitative estimate of drug-likeness (QED) is 0.399. The fraction of sp³-hybridized carbons (Fsp3) is 0.241. The number of carbonyl (C=O) groups is 1. The molecule has 1 aromatic heterocycles. The zero-order chi connectivity index (χ0) is 24.2. The van der Waals surface area contributed by atoms with Crippen LogP contribution in [0.25, 0.3) is 22.1 Å². The van der Waals surface area contributed by atoms with Crippen molar-refractivity contribution in [1.29, 1.82) is 5.26 Å². The molecule has 5 rings (SSSR count). The van der Waals surface area contributed by atoms with Crippen molar-refractivity contribution < 1.29 is 13.9 Å². The van der Waals surface area contributed by atoms with Crippen LogP contribution < -0.4 is 4.74 Å². The van der Waals surface area contributed by atoms with Crippen LogP contribution in [0.15, 0.2) is 77.2 Å². The van der Waals surface area contributed by atoms with Crippen molar-refractivity contribution in [2.75, 3.05) is 33.3 Å². The number of benzene rings is 3. The van der Waals surface area contributed by atoms with Crippen molar-refractivity contribution in [3.8, 4) is 22.9 Å². The van der Waals surface area contributed by atoms with Crippen LogP contribution in [-0.2, 0) is 6.54 Å². The van der Waals surface area contributed by atoms with E-state index in [2.05, 4.69) is 35.2 Å². The van der Waals surface area contributed by atoms with Gasteiger partial charge in [-0.2, -0.15) is 5.26 Å². The Bertz CT molecular complexity index is 1400. The molecule has 4 aromatic rings. The van der Waals surface area contributed by atoms with E-state index in [0.29, 0.717) is 30.8 Å². The van der Waals surface area contributed by atoms with Gasteiger partial charge in [0.25, 0.3) is 5.91 Å². The Balaban J connectivity index is 1.27. The van der Waals surface area contributed by atoms with Crippen molar-refractivity contribution in [2.45, 2.75) is 13.0 Å². The van der Waals surface area contributed by atoms with Crippen molar-refractivity contribution in [1.82, 2.24) is 9.80 Å². The van der Waals surface area contributed by atoms with Crippen molar-refractivity contribution >= 4 is 16.9 Å². The number of hydrogen-bond acceptors (Lipinski definition) is 5. The Kier molecular flexibility index (Phi) is 6.51. The van der Waals surface area contributed by atoms with E-state index in [0.717, 1.165) is 53.1 Å². The number of furan rings is 1. The SMILES string of the molecule is COc1ccccc1-c1ccc2oc(CN3CCCN(C(=O)c4cccc(C#N)c4)CC3)cc2c1. The fourth-order valence-electron chi connectivity index (χ4n) is 4.68. The molecule has 1 aliphatic rings. The number of fused-ring (bicyclic) bond motifs is 1. The number of rotatable bonds is 5. The number of amides is 1. The maximum Gasteiger partial charge on any atom is 0.253 e. The third-order valence-corrected chi connectivity index (χ3v) is 6.48. The fourth-order valence-corrected chi connectivity index (χ4v) is 4.68. The summed E-state index contributed by atoms with van der Waals surface area (Å²) in [6.45, 7) is 3.71. The Morgan fingerprint density at radius 2 is 1.89 bits per heavy atom. The molecule has 1 fully saturated rings. The Morgan fingerprint density at radius 1 is 1.00 bits per heavy atom. The Hall–Kier alpha value is -4.08. The van der Waals surface area contributed by atoms with Crippen molar-refractivity contribution in [3.05, 3.63) is 89.7 Å². The molecule has 176 valence electrons. The number of nitrogens with zero attached hydrogens (tertiary/aromatic N) is 3. The van der Waals surface area contributed by atoms with E-state index in [9.17, 15) is 4.79 Å². The highest BCUT2D eigenvalue weighted by Crippen LogP contribution is 2.32.